The van der Waals surface area contributed by atoms with Crippen molar-refractivity contribution in [2.45, 2.75) is 42.5 Å². The fourth-order valence-corrected chi connectivity index (χ4v) is 7.46. The average Bonchev–Trinajstić information content (AvgIpc) is 3.45. The minimum Gasteiger partial charge on any atom is -0.396 e. The molecule has 190 valence electrons. The van der Waals surface area contributed by atoms with E-state index < -0.39 is 50.0 Å². The van der Waals surface area contributed by atoms with Crippen molar-refractivity contribution in [1.29, 1.82) is 0 Å². The van der Waals surface area contributed by atoms with Gasteiger partial charge in [0.25, 0.3) is 0 Å². The molecule has 0 radical (unpaired) electrons. The molecule has 1 saturated heterocycles. The number of aromatic amines is 1. The Morgan fingerprint density at radius 2 is 1.97 bits per heavy atom. The Hall–Kier alpha value is -3.15. The van der Waals surface area contributed by atoms with E-state index in [0.29, 0.717) is 18.4 Å². The molecule has 5 rings (SSSR count). The molecule has 0 bridgehead atoms. The Kier molecular flexibility index (Phi) is 6.17. The predicted octanol–water partition coefficient (Wildman–Crippen LogP) is 3.16. The molecule has 11 heteroatoms. The molecule has 2 aliphatic rings. The van der Waals surface area contributed by atoms with Crippen LogP contribution < -0.4 is 5.76 Å². The van der Waals surface area contributed by atoms with Gasteiger partial charge in [-0.3, -0.25) is 0 Å². The third-order valence-electron chi connectivity index (χ3n) is 7.31. The van der Waals surface area contributed by atoms with Crippen LogP contribution in [0.1, 0.15) is 47.1 Å². The van der Waals surface area contributed by atoms with Crippen LogP contribution in [-0.4, -0.2) is 40.7 Å². The predicted molar refractivity (Wildman–Crippen MR) is 126 cm³/mol. The minimum absolute atomic E-state index is 0.109. The number of hydrogen-bond donors (Lipinski definition) is 2. The van der Waals surface area contributed by atoms with Gasteiger partial charge in [0.15, 0.2) is 0 Å². The maximum Gasteiger partial charge on any atom is 0.434 e. The van der Waals surface area contributed by atoms with Gasteiger partial charge >= 0.3 is 5.76 Å². The van der Waals surface area contributed by atoms with Gasteiger partial charge in [-0.2, -0.15) is 4.31 Å². The van der Waals surface area contributed by atoms with Crippen LogP contribution in [0.2, 0.25) is 0 Å². The lowest BCUT2D eigenvalue weighted by molar-refractivity contribution is 0.260. The molecule has 2 aromatic carbocycles. The Bertz CT molecular complexity index is 1460. The molecular weight excluding hydrogens is 492 g/mol. The van der Waals surface area contributed by atoms with E-state index in [1.54, 1.807) is 30.3 Å². The Morgan fingerprint density at radius 1 is 1.22 bits per heavy atom. The van der Waals surface area contributed by atoms with Crippen molar-refractivity contribution < 1.29 is 26.7 Å². The quantitative estimate of drug-likeness (QED) is 0.465. The summed E-state index contributed by atoms with van der Waals surface area (Å²) in [6.45, 7) is 3.03. The van der Waals surface area contributed by atoms with Crippen molar-refractivity contribution in [3.63, 3.8) is 0 Å². The van der Waals surface area contributed by atoms with Gasteiger partial charge in [-0.05, 0) is 37.0 Å². The number of nitrogens with zero attached hydrogens (tertiary/aromatic N) is 2. The lowest BCUT2D eigenvalue weighted by Gasteiger charge is -2.38. The van der Waals surface area contributed by atoms with Crippen LogP contribution in [0.15, 0.2) is 64.3 Å². The maximum atomic E-state index is 15.4. The Labute approximate surface area is 206 Å². The molecule has 4 atom stereocenters. The number of nitrogens with one attached hydrogen (secondary N) is 1. The molecule has 8 nitrogen and oxygen atoms in total. The summed E-state index contributed by atoms with van der Waals surface area (Å²) in [5, 5.41) is 14.8. The third kappa shape index (κ3) is 3.91. The van der Waals surface area contributed by atoms with E-state index in [1.165, 1.54) is 10.4 Å². The van der Waals surface area contributed by atoms with Crippen LogP contribution >= 0.6 is 0 Å². The number of benzene rings is 2. The van der Waals surface area contributed by atoms with E-state index in [4.69, 9.17) is 4.42 Å². The normalized spacial score (nSPS) is 27.6. The molecule has 1 aliphatic heterocycles. The number of halogens is 2. The minimum atomic E-state index is -3.91. The first-order chi connectivity index (χ1) is 17.2. The van der Waals surface area contributed by atoms with Gasteiger partial charge in [0, 0.05) is 36.2 Å². The molecule has 0 unspecified atom stereocenters. The highest BCUT2D eigenvalue weighted by molar-refractivity contribution is 7.89. The molecule has 2 N–H and O–H groups in total. The molecule has 1 aromatic heterocycles. The monoisotopic (exact) mass is 517 g/mol. The van der Waals surface area contributed by atoms with Crippen molar-refractivity contribution in [2.24, 2.45) is 5.92 Å². The lowest BCUT2D eigenvalue weighted by atomic mass is 9.91. The summed E-state index contributed by atoms with van der Waals surface area (Å²) >= 11 is 0. The molecular formula is C25H25F2N3O5S. The number of hydrogen-bond acceptors (Lipinski definition) is 6. The van der Waals surface area contributed by atoms with E-state index >= 15 is 8.78 Å². The van der Waals surface area contributed by atoms with E-state index in [9.17, 15) is 18.3 Å². The first-order valence-electron chi connectivity index (χ1n) is 11.6. The first-order valence-corrected chi connectivity index (χ1v) is 13.1. The molecule has 2 heterocycles. The summed E-state index contributed by atoms with van der Waals surface area (Å²) < 4.78 is 64.2. The molecule has 2 fully saturated rings. The molecule has 0 amide bonds. The van der Waals surface area contributed by atoms with Gasteiger partial charge in [0.1, 0.15) is 16.9 Å². The summed E-state index contributed by atoms with van der Waals surface area (Å²) in [7, 11) is -3.91. The van der Waals surface area contributed by atoms with Crippen LogP contribution in [0.3, 0.4) is 0 Å². The summed E-state index contributed by atoms with van der Waals surface area (Å²) in [6.07, 6.45) is 2.59. The van der Waals surface area contributed by atoms with E-state index in [1.807, 2.05) is 0 Å². The van der Waals surface area contributed by atoms with Crippen molar-refractivity contribution in [2.75, 3.05) is 6.61 Å². The smallest absolute Gasteiger partial charge is 0.396 e. The van der Waals surface area contributed by atoms with Gasteiger partial charge in [-0.15, -0.1) is 11.7 Å². The van der Waals surface area contributed by atoms with E-state index in [0.717, 1.165) is 12.1 Å². The largest absolute Gasteiger partial charge is 0.434 e. The van der Waals surface area contributed by atoms with Gasteiger partial charge in [0.05, 0.1) is 5.41 Å². The van der Waals surface area contributed by atoms with Crippen LogP contribution in [0, 0.1) is 17.6 Å². The number of aliphatic hydroxyl groups is 1. The lowest BCUT2D eigenvalue weighted by Crippen LogP contribution is -2.45. The number of H-pyrrole nitrogens is 1. The molecule has 0 spiro atoms. The van der Waals surface area contributed by atoms with Crippen LogP contribution in [-0.2, 0) is 22.0 Å². The van der Waals surface area contributed by atoms with Gasteiger partial charge in [0.2, 0.25) is 15.9 Å². The Morgan fingerprint density at radius 3 is 2.58 bits per heavy atom. The highest BCUT2D eigenvalue weighted by Gasteiger charge is 2.61. The zero-order valence-corrected chi connectivity index (χ0v) is 20.0. The van der Waals surface area contributed by atoms with Gasteiger partial charge in [-0.1, -0.05) is 36.4 Å². The number of rotatable bonds is 7. The van der Waals surface area contributed by atoms with Crippen LogP contribution in [0.4, 0.5) is 8.78 Å². The van der Waals surface area contributed by atoms with Crippen molar-refractivity contribution in [3.8, 4) is 0 Å². The topological polar surface area (TPSA) is 116 Å². The number of sulfonamides is 1. The highest BCUT2D eigenvalue weighted by Crippen LogP contribution is 2.58. The SMILES string of the molecule is C=C[C@H]1CC[C@H](c2ccccc2)S(=O)(=O)N1Cc1cc(F)c([C@]2(c3n[nH]c(=O)o3)C[C@@H]2CO)cc1F. The van der Waals surface area contributed by atoms with Crippen molar-refractivity contribution in [3.05, 3.63) is 99.9 Å². The average molecular weight is 518 g/mol. The van der Waals surface area contributed by atoms with E-state index in [-0.39, 0.29) is 36.6 Å². The maximum absolute atomic E-state index is 15.4. The summed E-state index contributed by atoms with van der Waals surface area (Å²) in [6, 6.07) is 10.2. The van der Waals surface area contributed by atoms with Crippen molar-refractivity contribution in [1.82, 2.24) is 14.5 Å². The fourth-order valence-electron chi connectivity index (χ4n) is 5.31. The first kappa shape index (κ1) is 24.5. The second kappa shape index (κ2) is 9.06. The summed E-state index contributed by atoms with van der Waals surface area (Å²) in [5.74, 6) is -3.11. The molecule has 1 saturated carbocycles. The zero-order chi connectivity index (χ0) is 25.7. The van der Waals surface area contributed by atoms with Gasteiger partial charge in [-0.25, -0.2) is 27.1 Å². The summed E-state index contributed by atoms with van der Waals surface area (Å²) in [5.41, 5.74) is -0.892. The molecule has 1 aliphatic carbocycles. The second-order valence-corrected chi connectivity index (χ2v) is 11.3. The third-order valence-corrected chi connectivity index (χ3v) is 9.59. The molecule has 36 heavy (non-hydrogen) atoms. The van der Waals surface area contributed by atoms with Gasteiger partial charge < -0.3 is 9.52 Å². The summed E-state index contributed by atoms with van der Waals surface area (Å²) in [4.78, 5) is 11.5. The molecule has 3 aromatic rings. The number of aromatic nitrogens is 2. The van der Waals surface area contributed by atoms with E-state index in [2.05, 4.69) is 16.8 Å². The second-order valence-electron chi connectivity index (χ2n) is 9.27. The van der Waals surface area contributed by atoms with Crippen LogP contribution in [0.25, 0.3) is 0 Å². The highest BCUT2D eigenvalue weighted by atomic mass is 32.2. The Balaban J connectivity index is 1.51. The van der Waals surface area contributed by atoms with Crippen molar-refractivity contribution >= 4 is 10.0 Å². The fraction of sp³-hybridized carbons (Fsp3) is 0.360. The zero-order valence-electron chi connectivity index (χ0n) is 19.2. The number of aliphatic hydroxyl groups excluding tert-OH is 1. The standard InChI is InChI=1S/C25H25F2N3O5S/c1-2-18-8-9-22(15-6-4-3-5-7-15)36(33,34)30(18)13-16-10-21(27)19(11-20(16)26)25(12-17(25)14-31)23-28-29-24(32)35-23/h2-7,10-11,17-18,22,31H,1,8-9,12-14H2,(H,29,32)/t17-,18+,22-,25+/m1/s1. The van der Waals surface area contributed by atoms with Crippen LogP contribution in [0.5, 0.6) is 0 Å².